The lowest BCUT2D eigenvalue weighted by Gasteiger charge is -2.17. The molecular formula is C16H22N2O3. The Morgan fingerprint density at radius 1 is 1.29 bits per heavy atom. The molecule has 0 unspecified atom stereocenters. The summed E-state index contributed by atoms with van der Waals surface area (Å²) in [5.74, 6) is -0.490. The van der Waals surface area contributed by atoms with Crippen molar-refractivity contribution in [3.63, 3.8) is 0 Å². The zero-order valence-electron chi connectivity index (χ0n) is 12.6. The van der Waals surface area contributed by atoms with E-state index in [-0.39, 0.29) is 11.8 Å². The van der Waals surface area contributed by atoms with Gasteiger partial charge in [0.2, 0.25) is 5.91 Å². The third kappa shape index (κ3) is 6.12. The predicted molar refractivity (Wildman–Crippen MR) is 83.3 cm³/mol. The number of nitrogen functional groups attached to an aromatic ring is 1. The van der Waals surface area contributed by atoms with E-state index in [2.05, 4.69) is 5.32 Å². The third-order valence-electron chi connectivity index (χ3n) is 2.87. The highest BCUT2D eigenvalue weighted by atomic mass is 16.5. The summed E-state index contributed by atoms with van der Waals surface area (Å²) in [6.45, 7) is 3.96. The van der Waals surface area contributed by atoms with Gasteiger partial charge in [-0.2, -0.15) is 0 Å². The van der Waals surface area contributed by atoms with Gasteiger partial charge in [0.05, 0.1) is 7.11 Å². The summed E-state index contributed by atoms with van der Waals surface area (Å²) >= 11 is 0. The second-order valence-corrected chi connectivity index (χ2v) is 5.21. The van der Waals surface area contributed by atoms with Crippen LogP contribution in [0.25, 0.3) is 6.08 Å². The maximum atomic E-state index is 11.9. The zero-order valence-corrected chi connectivity index (χ0v) is 12.6. The van der Waals surface area contributed by atoms with Gasteiger partial charge in [0.25, 0.3) is 0 Å². The molecule has 1 rings (SSSR count). The number of anilines is 1. The lowest BCUT2D eigenvalue weighted by molar-refractivity contribution is -0.145. The van der Waals surface area contributed by atoms with Gasteiger partial charge in [0.15, 0.2) is 0 Å². The lowest BCUT2D eigenvalue weighted by Crippen LogP contribution is -2.41. The molecule has 0 heterocycles. The molecule has 114 valence electrons. The molecule has 0 fully saturated rings. The third-order valence-corrected chi connectivity index (χ3v) is 2.87. The van der Waals surface area contributed by atoms with E-state index in [1.807, 2.05) is 26.0 Å². The zero-order chi connectivity index (χ0) is 15.8. The molecule has 0 saturated carbocycles. The Hall–Kier alpha value is -2.30. The molecule has 0 aliphatic carbocycles. The summed E-state index contributed by atoms with van der Waals surface area (Å²) in [5.41, 5.74) is 7.11. The molecule has 5 nitrogen and oxygen atoms in total. The highest BCUT2D eigenvalue weighted by molar-refractivity contribution is 5.94. The fourth-order valence-corrected chi connectivity index (χ4v) is 1.83. The summed E-state index contributed by atoms with van der Waals surface area (Å²) < 4.78 is 4.70. The molecular weight excluding hydrogens is 268 g/mol. The second kappa shape index (κ2) is 8.09. The van der Waals surface area contributed by atoms with E-state index in [1.165, 1.54) is 13.2 Å². The van der Waals surface area contributed by atoms with Crippen LogP contribution in [0.15, 0.2) is 30.3 Å². The Labute approximate surface area is 125 Å². The van der Waals surface area contributed by atoms with E-state index in [9.17, 15) is 9.59 Å². The topological polar surface area (TPSA) is 81.4 Å². The van der Waals surface area contributed by atoms with Crippen molar-refractivity contribution in [2.24, 2.45) is 5.92 Å². The number of esters is 1. The SMILES string of the molecule is COC(=O)[C@H](CC(C)C)NC(=O)/C=C/c1ccc(N)cc1. The molecule has 1 amide bonds. The molecule has 3 N–H and O–H groups in total. The molecule has 1 aromatic carbocycles. The Bertz CT molecular complexity index is 507. The van der Waals surface area contributed by atoms with E-state index in [0.717, 1.165) is 5.56 Å². The summed E-state index contributed by atoms with van der Waals surface area (Å²) in [6, 6.07) is 6.51. The van der Waals surface area contributed by atoms with E-state index in [4.69, 9.17) is 10.5 Å². The van der Waals surface area contributed by atoms with Crippen LogP contribution in [0.2, 0.25) is 0 Å². The Morgan fingerprint density at radius 2 is 1.90 bits per heavy atom. The van der Waals surface area contributed by atoms with Crippen molar-refractivity contribution >= 4 is 23.6 Å². The van der Waals surface area contributed by atoms with E-state index in [0.29, 0.717) is 12.1 Å². The molecule has 0 radical (unpaired) electrons. The van der Waals surface area contributed by atoms with Gasteiger partial charge in [-0.1, -0.05) is 26.0 Å². The second-order valence-electron chi connectivity index (χ2n) is 5.21. The summed E-state index contributed by atoms with van der Waals surface area (Å²) in [6.07, 6.45) is 3.59. The molecule has 21 heavy (non-hydrogen) atoms. The van der Waals surface area contributed by atoms with Gasteiger partial charge >= 0.3 is 5.97 Å². The highest BCUT2D eigenvalue weighted by Gasteiger charge is 2.21. The molecule has 0 aliphatic heterocycles. The van der Waals surface area contributed by atoms with Crippen molar-refractivity contribution in [3.05, 3.63) is 35.9 Å². The van der Waals surface area contributed by atoms with E-state index < -0.39 is 12.0 Å². The number of ether oxygens (including phenoxy) is 1. The van der Waals surface area contributed by atoms with Gasteiger partial charge in [-0.15, -0.1) is 0 Å². The van der Waals surface area contributed by atoms with Crippen LogP contribution in [0, 0.1) is 5.92 Å². The predicted octanol–water partition coefficient (Wildman–Crippen LogP) is 1.99. The maximum Gasteiger partial charge on any atom is 0.328 e. The number of carbonyl (C=O) groups is 2. The van der Waals surface area contributed by atoms with E-state index in [1.54, 1.807) is 18.2 Å². The van der Waals surface area contributed by atoms with Crippen LogP contribution in [0.1, 0.15) is 25.8 Å². The average Bonchev–Trinajstić information content (AvgIpc) is 2.44. The first-order valence-corrected chi connectivity index (χ1v) is 6.84. The number of methoxy groups -OCH3 is 1. The minimum Gasteiger partial charge on any atom is -0.467 e. The van der Waals surface area contributed by atoms with Gasteiger partial charge < -0.3 is 15.8 Å². The smallest absolute Gasteiger partial charge is 0.328 e. The van der Waals surface area contributed by atoms with Crippen molar-refractivity contribution in [1.29, 1.82) is 0 Å². The Balaban J connectivity index is 2.64. The minimum atomic E-state index is -0.626. The number of hydrogen-bond donors (Lipinski definition) is 2. The van der Waals surface area contributed by atoms with Crippen molar-refractivity contribution in [2.45, 2.75) is 26.3 Å². The monoisotopic (exact) mass is 290 g/mol. The normalized spacial score (nSPS) is 12.4. The Kier molecular flexibility index (Phi) is 6.46. The van der Waals surface area contributed by atoms with Crippen molar-refractivity contribution in [3.8, 4) is 0 Å². The summed E-state index contributed by atoms with van der Waals surface area (Å²) in [7, 11) is 1.31. The average molecular weight is 290 g/mol. The van der Waals surface area contributed by atoms with Crippen LogP contribution in [-0.2, 0) is 14.3 Å². The highest BCUT2D eigenvalue weighted by Crippen LogP contribution is 2.08. The maximum absolute atomic E-state index is 11.9. The largest absolute Gasteiger partial charge is 0.467 e. The van der Waals surface area contributed by atoms with E-state index >= 15 is 0 Å². The molecule has 0 bridgehead atoms. The molecule has 0 aliphatic rings. The van der Waals surface area contributed by atoms with Crippen LogP contribution in [-0.4, -0.2) is 25.0 Å². The number of hydrogen-bond acceptors (Lipinski definition) is 4. The van der Waals surface area contributed by atoms with Crippen LogP contribution < -0.4 is 11.1 Å². The number of nitrogens with two attached hydrogens (primary N) is 1. The number of carbonyl (C=O) groups excluding carboxylic acids is 2. The van der Waals surface area contributed by atoms with Gasteiger partial charge in [0, 0.05) is 11.8 Å². The van der Waals surface area contributed by atoms with Crippen LogP contribution in [0.5, 0.6) is 0 Å². The standard InChI is InChI=1S/C16H22N2O3/c1-11(2)10-14(16(20)21-3)18-15(19)9-6-12-4-7-13(17)8-5-12/h4-9,11,14H,10,17H2,1-3H3,(H,18,19)/b9-6+/t14-/m0/s1. The number of benzene rings is 1. The molecule has 0 aromatic heterocycles. The van der Waals surface area contributed by atoms with Gasteiger partial charge in [-0.3, -0.25) is 4.79 Å². The quantitative estimate of drug-likeness (QED) is 0.477. The fraction of sp³-hybridized carbons (Fsp3) is 0.375. The van der Waals surface area contributed by atoms with Crippen molar-refractivity contribution in [2.75, 3.05) is 12.8 Å². The van der Waals surface area contributed by atoms with Crippen LogP contribution >= 0.6 is 0 Å². The number of nitrogens with one attached hydrogen (secondary N) is 1. The van der Waals surface area contributed by atoms with Crippen molar-refractivity contribution in [1.82, 2.24) is 5.32 Å². The van der Waals surface area contributed by atoms with Gasteiger partial charge in [0.1, 0.15) is 6.04 Å². The summed E-state index contributed by atoms with van der Waals surface area (Å²) in [4.78, 5) is 23.5. The molecule has 5 heteroatoms. The minimum absolute atomic E-state index is 0.274. The number of rotatable bonds is 6. The van der Waals surface area contributed by atoms with Gasteiger partial charge in [-0.05, 0) is 36.1 Å². The lowest BCUT2D eigenvalue weighted by atomic mass is 10.0. The first kappa shape index (κ1) is 16.8. The fourth-order valence-electron chi connectivity index (χ4n) is 1.83. The van der Waals surface area contributed by atoms with Crippen molar-refractivity contribution < 1.29 is 14.3 Å². The molecule has 1 atom stereocenters. The Morgan fingerprint density at radius 3 is 2.43 bits per heavy atom. The van der Waals surface area contributed by atoms with Crippen LogP contribution in [0.3, 0.4) is 0 Å². The van der Waals surface area contributed by atoms with Gasteiger partial charge in [-0.25, -0.2) is 4.79 Å². The first-order chi connectivity index (χ1) is 9.92. The molecule has 1 aromatic rings. The molecule has 0 spiro atoms. The number of amides is 1. The van der Waals surface area contributed by atoms with Crippen LogP contribution in [0.4, 0.5) is 5.69 Å². The molecule has 0 saturated heterocycles. The first-order valence-electron chi connectivity index (χ1n) is 6.84. The summed E-state index contributed by atoms with van der Waals surface area (Å²) in [5, 5.41) is 2.66.